The summed E-state index contributed by atoms with van der Waals surface area (Å²) >= 11 is 0. The molecule has 2 N–H and O–H groups in total. The van der Waals surface area contributed by atoms with Gasteiger partial charge in [-0.1, -0.05) is 36.4 Å². The van der Waals surface area contributed by atoms with Gasteiger partial charge >= 0.3 is 0 Å². The first-order valence-electron chi connectivity index (χ1n) is 7.95. The lowest BCUT2D eigenvalue weighted by molar-refractivity contribution is 0.284. The van der Waals surface area contributed by atoms with Crippen molar-refractivity contribution in [2.75, 3.05) is 6.61 Å². The minimum absolute atomic E-state index is 0.0936. The molecule has 0 amide bonds. The van der Waals surface area contributed by atoms with Crippen LogP contribution >= 0.6 is 0 Å². The SMILES string of the molecule is NC(c1ccc2c(c1)CCC2)c1cccc2c1OCCC2. The maximum atomic E-state index is 6.55. The normalized spacial score (nSPS) is 17.8. The van der Waals surface area contributed by atoms with E-state index in [4.69, 9.17) is 10.5 Å². The molecule has 1 aliphatic heterocycles. The lowest BCUT2D eigenvalue weighted by Crippen LogP contribution is -2.17. The van der Waals surface area contributed by atoms with Crippen molar-refractivity contribution in [2.45, 2.75) is 38.1 Å². The molecule has 0 radical (unpaired) electrons. The summed E-state index contributed by atoms with van der Waals surface area (Å²) in [6, 6.07) is 13.0. The Kier molecular flexibility index (Phi) is 3.19. The minimum atomic E-state index is -0.0936. The fourth-order valence-electron chi connectivity index (χ4n) is 3.62. The van der Waals surface area contributed by atoms with Crippen LogP contribution in [0.3, 0.4) is 0 Å². The van der Waals surface area contributed by atoms with Gasteiger partial charge in [-0.15, -0.1) is 0 Å². The first-order valence-corrected chi connectivity index (χ1v) is 7.95. The third-order valence-corrected chi connectivity index (χ3v) is 4.78. The van der Waals surface area contributed by atoms with Crippen molar-refractivity contribution in [1.82, 2.24) is 0 Å². The molecule has 1 aliphatic carbocycles. The van der Waals surface area contributed by atoms with E-state index in [1.54, 1.807) is 0 Å². The molecule has 4 rings (SSSR count). The van der Waals surface area contributed by atoms with Crippen molar-refractivity contribution in [1.29, 1.82) is 0 Å². The second-order valence-electron chi connectivity index (χ2n) is 6.15. The highest BCUT2D eigenvalue weighted by Gasteiger charge is 2.21. The number of rotatable bonds is 2. The number of benzene rings is 2. The molecule has 0 saturated heterocycles. The number of aryl methyl sites for hydroxylation is 3. The van der Waals surface area contributed by atoms with E-state index in [2.05, 4.69) is 36.4 Å². The van der Waals surface area contributed by atoms with Gasteiger partial charge in [0.1, 0.15) is 5.75 Å². The van der Waals surface area contributed by atoms with Gasteiger partial charge in [-0.05, 0) is 54.4 Å². The average molecular weight is 279 g/mol. The quantitative estimate of drug-likeness (QED) is 0.912. The Labute approximate surface area is 125 Å². The summed E-state index contributed by atoms with van der Waals surface area (Å²) in [6.07, 6.45) is 5.89. The minimum Gasteiger partial charge on any atom is -0.493 e. The number of hydrogen-bond acceptors (Lipinski definition) is 2. The Bertz CT molecular complexity index is 677. The monoisotopic (exact) mass is 279 g/mol. The van der Waals surface area contributed by atoms with Gasteiger partial charge in [0.2, 0.25) is 0 Å². The first kappa shape index (κ1) is 12.9. The van der Waals surface area contributed by atoms with Crippen LogP contribution in [0, 0.1) is 0 Å². The van der Waals surface area contributed by atoms with Gasteiger partial charge in [0.25, 0.3) is 0 Å². The van der Waals surface area contributed by atoms with E-state index in [9.17, 15) is 0 Å². The van der Waals surface area contributed by atoms with Gasteiger partial charge in [-0.3, -0.25) is 0 Å². The third kappa shape index (κ3) is 2.24. The van der Waals surface area contributed by atoms with E-state index in [-0.39, 0.29) is 6.04 Å². The second-order valence-corrected chi connectivity index (χ2v) is 6.15. The Hall–Kier alpha value is -1.80. The molecule has 0 bridgehead atoms. The van der Waals surface area contributed by atoms with Gasteiger partial charge in [0.15, 0.2) is 0 Å². The summed E-state index contributed by atoms with van der Waals surface area (Å²) in [5, 5.41) is 0. The Morgan fingerprint density at radius 1 is 0.905 bits per heavy atom. The number of fused-ring (bicyclic) bond motifs is 2. The molecule has 1 atom stereocenters. The number of para-hydroxylation sites is 1. The molecular weight excluding hydrogens is 258 g/mol. The zero-order valence-electron chi connectivity index (χ0n) is 12.3. The van der Waals surface area contributed by atoms with Crippen LogP contribution in [-0.2, 0) is 19.3 Å². The van der Waals surface area contributed by atoms with Crippen LogP contribution in [0.4, 0.5) is 0 Å². The lowest BCUT2D eigenvalue weighted by atomic mass is 9.93. The molecule has 21 heavy (non-hydrogen) atoms. The van der Waals surface area contributed by atoms with Gasteiger partial charge < -0.3 is 10.5 Å². The largest absolute Gasteiger partial charge is 0.493 e. The van der Waals surface area contributed by atoms with Crippen molar-refractivity contribution in [2.24, 2.45) is 5.73 Å². The molecule has 1 heterocycles. The molecular formula is C19H21NO. The maximum absolute atomic E-state index is 6.55. The predicted octanol–water partition coefficient (Wildman–Crippen LogP) is 3.55. The summed E-state index contributed by atoms with van der Waals surface area (Å²) < 4.78 is 5.91. The summed E-state index contributed by atoms with van der Waals surface area (Å²) in [4.78, 5) is 0. The van der Waals surface area contributed by atoms with Crippen LogP contribution < -0.4 is 10.5 Å². The van der Waals surface area contributed by atoms with E-state index in [1.165, 1.54) is 41.5 Å². The molecule has 0 saturated carbocycles. The molecule has 2 heteroatoms. The van der Waals surface area contributed by atoms with Gasteiger partial charge in [0.05, 0.1) is 12.6 Å². The Morgan fingerprint density at radius 2 is 1.76 bits per heavy atom. The first-order chi connectivity index (χ1) is 10.3. The molecule has 1 unspecified atom stereocenters. The average Bonchev–Trinajstić information content (AvgIpc) is 3.01. The van der Waals surface area contributed by atoms with Gasteiger partial charge in [-0.2, -0.15) is 0 Å². The summed E-state index contributed by atoms with van der Waals surface area (Å²) in [5.74, 6) is 1.02. The fraction of sp³-hybridized carbons (Fsp3) is 0.368. The van der Waals surface area contributed by atoms with Crippen LogP contribution in [0.2, 0.25) is 0 Å². The highest BCUT2D eigenvalue weighted by Crippen LogP contribution is 2.35. The fourth-order valence-corrected chi connectivity index (χ4v) is 3.62. The topological polar surface area (TPSA) is 35.2 Å². The van der Waals surface area contributed by atoms with Crippen molar-refractivity contribution in [3.05, 3.63) is 64.2 Å². The smallest absolute Gasteiger partial charge is 0.127 e. The highest BCUT2D eigenvalue weighted by molar-refractivity contribution is 5.48. The van der Waals surface area contributed by atoms with Crippen LogP contribution in [0.5, 0.6) is 5.75 Å². The number of ether oxygens (including phenoxy) is 1. The molecule has 0 aromatic heterocycles. The third-order valence-electron chi connectivity index (χ3n) is 4.78. The molecule has 2 nitrogen and oxygen atoms in total. The highest BCUT2D eigenvalue weighted by atomic mass is 16.5. The summed E-state index contributed by atoms with van der Waals surface area (Å²) in [5.41, 5.74) is 13.2. The van der Waals surface area contributed by atoms with Gasteiger partial charge in [0, 0.05) is 5.56 Å². The van der Waals surface area contributed by atoms with Crippen molar-refractivity contribution >= 4 is 0 Å². The van der Waals surface area contributed by atoms with E-state index in [0.29, 0.717) is 0 Å². The van der Waals surface area contributed by atoms with Crippen LogP contribution in [0.15, 0.2) is 36.4 Å². The van der Waals surface area contributed by atoms with E-state index in [0.717, 1.165) is 30.8 Å². The lowest BCUT2D eigenvalue weighted by Gasteiger charge is -2.23. The summed E-state index contributed by atoms with van der Waals surface area (Å²) in [7, 11) is 0. The molecule has 2 aliphatic rings. The van der Waals surface area contributed by atoms with Crippen molar-refractivity contribution < 1.29 is 4.74 Å². The number of hydrogen-bond donors (Lipinski definition) is 1. The number of nitrogens with two attached hydrogens (primary N) is 1. The zero-order chi connectivity index (χ0) is 14.2. The maximum Gasteiger partial charge on any atom is 0.127 e. The molecule has 0 spiro atoms. The molecule has 0 fully saturated rings. The van der Waals surface area contributed by atoms with Crippen molar-refractivity contribution in [3.63, 3.8) is 0 Å². The van der Waals surface area contributed by atoms with Crippen LogP contribution in [0.1, 0.15) is 46.7 Å². The van der Waals surface area contributed by atoms with Crippen molar-refractivity contribution in [3.8, 4) is 5.75 Å². The zero-order valence-corrected chi connectivity index (χ0v) is 12.3. The van der Waals surface area contributed by atoms with Crippen LogP contribution in [0.25, 0.3) is 0 Å². The molecule has 2 aromatic rings. The van der Waals surface area contributed by atoms with Gasteiger partial charge in [-0.25, -0.2) is 0 Å². The van der Waals surface area contributed by atoms with E-state index >= 15 is 0 Å². The standard InChI is InChI=1S/C19H21NO/c20-18(16-10-9-13-4-1-6-15(13)12-16)17-8-2-5-14-7-3-11-21-19(14)17/h2,5,8-10,12,18H,1,3-4,6-7,11,20H2. The Morgan fingerprint density at radius 3 is 2.71 bits per heavy atom. The Balaban J connectivity index is 1.73. The second kappa shape index (κ2) is 5.19. The molecule has 2 aromatic carbocycles. The predicted molar refractivity (Wildman–Crippen MR) is 84.8 cm³/mol. The molecule has 108 valence electrons. The van der Waals surface area contributed by atoms with Crippen LogP contribution in [-0.4, -0.2) is 6.61 Å². The van der Waals surface area contributed by atoms with E-state index in [1.807, 2.05) is 0 Å². The summed E-state index contributed by atoms with van der Waals surface area (Å²) in [6.45, 7) is 0.806. The van der Waals surface area contributed by atoms with E-state index < -0.39 is 0 Å².